The highest BCUT2D eigenvalue weighted by Crippen LogP contribution is 2.15. The molecule has 0 spiro atoms. The molecule has 0 aliphatic heterocycles. The minimum atomic E-state index is -0.00750. The number of nitrogens with zero attached hydrogens (tertiary/aromatic N) is 2. The van der Waals surface area contributed by atoms with Crippen molar-refractivity contribution in [2.45, 2.75) is 39.8 Å². The summed E-state index contributed by atoms with van der Waals surface area (Å²) in [6.45, 7) is 6.23. The van der Waals surface area contributed by atoms with Crippen LogP contribution >= 0.6 is 0 Å². The summed E-state index contributed by atoms with van der Waals surface area (Å²) < 4.78 is 1.74. The van der Waals surface area contributed by atoms with Crippen LogP contribution in [0.4, 0.5) is 0 Å². The Morgan fingerprint density at radius 1 is 1.30 bits per heavy atom. The maximum absolute atomic E-state index is 12.1. The molecule has 2 aromatic rings. The SMILES string of the molecule is CCC(NC(=O)Cn1nc(C)cc1C)c1ccccc1. The zero-order valence-corrected chi connectivity index (χ0v) is 12.3. The fourth-order valence-corrected chi connectivity index (χ4v) is 2.32. The number of hydrogen-bond donors (Lipinski definition) is 1. The van der Waals surface area contributed by atoms with Crippen molar-refractivity contribution < 1.29 is 4.79 Å². The number of carbonyl (C=O) groups is 1. The number of aryl methyl sites for hydroxylation is 2. The van der Waals surface area contributed by atoms with Gasteiger partial charge in [-0.05, 0) is 31.9 Å². The van der Waals surface area contributed by atoms with E-state index in [0.29, 0.717) is 0 Å². The summed E-state index contributed by atoms with van der Waals surface area (Å²) in [4.78, 5) is 12.1. The summed E-state index contributed by atoms with van der Waals surface area (Å²) in [6, 6.07) is 12.1. The van der Waals surface area contributed by atoms with Crippen LogP contribution in [0.1, 0.15) is 36.3 Å². The molecule has 1 unspecified atom stereocenters. The van der Waals surface area contributed by atoms with Gasteiger partial charge < -0.3 is 5.32 Å². The van der Waals surface area contributed by atoms with Crippen molar-refractivity contribution >= 4 is 5.91 Å². The maximum atomic E-state index is 12.1. The second kappa shape index (κ2) is 6.37. The molecule has 1 atom stereocenters. The number of carbonyl (C=O) groups excluding carboxylic acids is 1. The van der Waals surface area contributed by atoms with Gasteiger partial charge in [0.2, 0.25) is 5.91 Å². The van der Waals surface area contributed by atoms with Gasteiger partial charge in [0.15, 0.2) is 0 Å². The molecule has 4 heteroatoms. The van der Waals surface area contributed by atoms with Crippen molar-refractivity contribution in [3.05, 3.63) is 53.3 Å². The quantitative estimate of drug-likeness (QED) is 0.909. The van der Waals surface area contributed by atoms with Crippen molar-refractivity contribution in [1.82, 2.24) is 15.1 Å². The molecule has 106 valence electrons. The Bertz CT molecular complexity index is 575. The second-order valence-electron chi connectivity index (χ2n) is 5.02. The largest absolute Gasteiger partial charge is 0.348 e. The second-order valence-corrected chi connectivity index (χ2v) is 5.02. The topological polar surface area (TPSA) is 46.9 Å². The van der Waals surface area contributed by atoms with E-state index in [4.69, 9.17) is 0 Å². The molecule has 0 saturated carbocycles. The van der Waals surface area contributed by atoms with Crippen LogP contribution in [0.2, 0.25) is 0 Å². The van der Waals surface area contributed by atoms with Crippen molar-refractivity contribution in [2.75, 3.05) is 0 Å². The van der Waals surface area contributed by atoms with E-state index in [1.807, 2.05) is 50.2 Å². The van der Waals surface area contributed by atoms with Crippen molar-refractivity contribution in [2.24, 2.45) is 0 Å². The number of amides is 1. The molecule has 1 aromatic heterocycles. The Kier molecular flexibility index (Phi) is 4.56. The lowest BCUT2D eigenvalue weighted by Gasteiger charge is -2.17. The van der Waals surface area contributed by atoms with E-state index >= 15 is 0 Å². The molecule has 20 heavy (non-hydrogen) atoms. The van der Waals surface area contributed by atoms with Crippen LogP contribution in [0, 0.1) is 13.8 Å². The molecule has 2 rings (SSSR count). The minimum absolute atomic E-state index is 0.00750. The summed E-state index contributed by atoms with van der Waals surface area (Å²) in [6.07, 6.45) is 0.868. The average Bonchev–Trinajstić information content (AvgIpc) is 2.75. The van der Waals surface area contributed by atoms with Gasteiger partial charge in [0.1, 0.15) is 6.54 Å². The molecule has 0 bridgehead atoms. The van der Waals surface area contributed by atoms with Crippen molar-refractivity contribution in [3.63, 3.8) is 0 Å². The molecular formula is C16H21N3O. The van der Waals surface area contributed by atoms with E-state index in [0.717, 1.165) is 23.4 Å². The lowest BCUT2D eigenvalue weighted by atomic mass is 10.0. The van der Waals surface area contributed by atoms with Crippen LogP contribution in [-0.2, 0) is 11.3 Å². The van der Waals surface area contributed by atoms with Crippen LogP contribution in [0.25, 0.3) is 0 Å². The van der Waals surface area contributed by atoms with Gasteiger partial charge in [-0.2, -0.15) is 5.10 Å². The maximum Gasteiger partial charge on any atom is 0.242 e. The van der Waals surface area contributed by atoms with E-state index in [-0.39, 0.29) is 18.5 Å². The van der Waals surface area contributed by atoms with Crippen molar-refractivity contribution in [3.8, 4) is 0 Å². The highest BCUT2D eigenvalue weighted by molar-refractivity contribution is 5.76. The monoisotopic (exact) mass is 271 g/mol. The molecule has 4 nitrogen and oxygen atoms in total. The average molecular weight is 271 g/mol. The molecule has 0 saturated heterocycles. The molecule has 1 amide bonds. The normalized spacial score (nSPS) is 12.2. The van der Waals surface area contributed by atoms with Crippen LogP contribution in [0.5, 0.6) is 0 Å². The summed E-state index contributed by atoms with van der Waals surface area (Å²) in [5.74, 6) is -0.00750. The smallest absolute Gasteiger partial charge is 0.242 e. The van der Waals surface area contributed by atoms with E-state index in [1.54, 1.807) is 4.68 Å². The Morgan fingerprint density at radius 3 is 2.55 bits per heavy atom. The van der Waals surface area contributed by atoms with Gasteiger partial charge in [-0.3, -0.25) is 9.48 Å². The van der Waals surface area contributed by atoms with Gasteiger partial charge in [0, 0.05) is 5.69 Å². The number of aromatic nitrogens is 2. The molecule has 1 N–H and O–H groups in total. The first-order chi connectivity index (χ1) is 9.60. The highest BCUT2D eigenvalue weighted by Gasteiger charge is 2.13. The Morgan fingerprint density at radius 2 is 2.00 bits per heavy atom. The number of benzene rings is 1. The Labute approximate surface area is 119 Å². The van der Waals surface area contributed by atoms with Crippen LogP contribution < -0.4 is 5.32 Å². The van der Waals surface area contributed by atoms with E-state index in [1.165, 1.54) is 0 Å². The fraction of sp³-hybridized carbons (Fsp3) is 0.375. The van der Waals surface area contributed by atoms with Crippen LogP contribution in [-0.4, -0.2) is 15.7 Å². The minimum Gasteiger partial charge on any atom is -0.348 e. The van der Waals surface area contributed by atoms with Gasteiger partial charge in [-0.15, -0.1) is 0 Å². The predicted molar refractivity (Wildman–Crippen MR) is 79.3 cm³/mol. The van der Waals surface area contributed by atoms with Gasteiger partial charge >= 0.3 is 0 Å². The third kappa shape index (κ3) is 3.47. The van der Waals surface area contributed by atoms with Crippen LogP contribution in [0.3, 0.4) is 0 Å². The van der Waals surface area contributed by atoms with Crippen molar-refractivity contribution in [1.29, 1.82) is 0 Å². The molecule has 1 aromatic carbocycles. The summed E-state index contributed by atoms with van der Waals surface area (Å²) in [5.41, 5.74) is 3.08. The zero-order chi connectivity index (χ0) is 14.5. The highest BCUT2D eigenvalue weighted by atomic mass is 16.2. The summed E-state index contributed by atoms with van der Waals surface area (Å²) in [7, 11) is 0. The first kappa shape index (κ1) is 14.3. The third-order valence-electron chi connectivity index (χ3n) is 3.34. The number of hydrogen-bond acceptors (Lipinski definition) is 2. The molecule has 0 radical (unpaired) electrons. The van der Waals surface area contributed by atoms with Crippen LogP contribution in [0.15, 0.2) is 36.4 Å². The standard InChI is InChI=1S/C16H21N3O/c1-4-15(14-8-6-5-7-9-14)17-16(20)11-19-13(3)10-12(2)18-19/h5-10,15H,4,11H2,1-3H3,(H,17,20). The predicted octanol–water partition coefficient (Wildman–Crippen LogP) is 2.77. The van der Waals surface area contributed by atoms with E-state index < -0.39 is 0 Å². The Hall–Kier alpha value is -2.10. The van der Waals surface area contributed by atoms with Gasteiger partial charge in [-0.1, -0.05) is 37.3 Å². The fourth-order valence-electron chi connectivity index (χ4n) is 2.32. The summed E-state index contributed by atoms with van der Waals surface area (Å²) in [5, 5.41) is 7.38. The van der Waals surface area contributed by atoms with E-state index in [9.17, 15) is 4.79 Å². The van der Waals surface area contributed by atoms with Gasteiger partial charge in [0.05, 0.1) is 11.7 Å². The van der Waals surface area contributed by atoms with Gasteiger partial charge in [-0.25, -0.2) is 0 Å². The summed E-state index contributed by atoms with van der Waals surface area (Å²) >= 11 is 0. The first-order valence-electron chi connectivity index (χ1n) is 6.95. The number of nitrogens with one attached hydrogen (secondary N) is 1. The molecule has 0 fully saturated rings. The Balaban J connectivity index is 2.01. The molecular weight excluding hydrogens is 250 g/mol. The molecule has 0 aliphatic rings. The van der Waals surface area contributed by atoms with E-state index in [2.05, 4.69) is 17.3 Å². The zero-order valence-electron chi connectivity index (χ0n) is 12.3. The molecule has 0 aliphatic carbocycles. The lowest BCUT2D eigenvalue weighted by Crippen LogP contribution is -2.31. The first-order valence-corrected chi connectivity index (χ1v) is 6.95. The van der Waals surface area contributed by atoms with Gasteiger partial charge in [0.25, 0.3) is 0 Å². The number of rotatable bonds is 5. The molecule has 1 heterocycles. The lowest BCUT2D eigenvalue weighted by molar-refractivity contribution is -0.122. The third-order valence-corrected chi connectivity index (χ3v) is 3.34.